The van der Waals surface area contributed by atoms with E-state index in [1.165, 1.54) is 7.11 Å². The molecule has 0 radical (unpaired) electrons. The highest BCUT2D eigenvalue weighted by atomic mass is 19.1. The number of phenolic OH excluding ortho intramolecular Hbond substituents is 1. The molecular weight excluding hydrogens is 293 g/mol. The first-order valence-electron chi connectivity index (χ1n) is 6.91. The summed E-state index contributed by atoms with van der Waals surface area (Å²) in [5.74, 6) is -2.01. The first-order chi connectivity index (χ1) is 10.5. The van der Waals surface area contributed by atoms with Crippen LogP contribution in [0.15, 0.2) is 18.2 Å². The van der Waals surface area contributed by atoms with Crippen molar-refractivity contribution in [1.29, 1.82) is 0 Å². The number of amides is 1. The van der Waals surface area contributed by atoms with E-state index in [2.05, 4.69) is 5.32 Å². The van der Waals surface area contributed by atoms with Gasteiger partial charge in [0.2, 0.25) is 0 Å². The molecule has 1 aliphatic heterocycles. The van der Waals surface area contributed by atoms with Crippen molar-refractivity contribution in [2.45, 2.75) is 12.8 Å². The lowest BCUT2D eigenvalue weighted by molar-refractivity contribution is -0.158. The molecule has 0 atom stereocenters. The normalized spacial score (nSPS) is 16.8. The summed E-state index contributed by atoms with van der Waals surface area (Å²) in [7, 11) is 1.29. The summed E-state index contributed by atoms with van der Waals surface area (Å²) in [6.45, 7) is 0.837. The van der Waals surface area contributed by atoms with E-state index in [9.17, 15) is 19.1 Å². The van der Waals surface area contributed by atoms with Crippen LogP contribution in [0.1, 0.15) is 23.2 Å². The number of methoxy groups -OCH3 is 1. The summed E-state index contributed by atoms with van der Waals surface area (Å²) in [4.78, 5) is 24.1. The van der Waals surface area contributed by atoms with E-state index in [-0.39, 0.29) is 17.9 Å². The second-order valence-corrected chi connectivity index (χ2v) is 5.23. The van der Waals surface area contributed by atoms with Gasteiger partial charge in [-0.1, -0.05) is 0 Å². The van der Waals surface area contributed by atoms with Gasteiger partial charge < -0.3 is 19.9 Å². The summed E-state index contributed by atoms with van der Waals surface area (Å²) in [5, 5.41) is 12.2. The molecule has 1 fully saturated rings. The van der Waals surface area contributed by atoms with E-state index in [0.29, 0.717) is 26.1 Å². The van der Waals surface area contributed by atoms with Gasteiger partial charge in [-0.3, -0.25) is 9.59 Å². The van der Waals surface area contributed by atoms with Crippen molar-refractivity contribution >= 4 is 11.9 Å². The summed E-state index contributed by atoms with van der Waals surface area (Å²) < 4.78 is 23.2. The zero-order valence-electron chi connectivity index (χ0n) is 12.2. The Morgan fingerprint density at radius 1 is 1.41 bits per heavy atom. The summed E-state index contributed by atoms with van der Waals surface area (Å²) in [5.41, 5.74) is -1.03. The minimum Gasteiger partial charge on any atom is -0.507 e. The van der Waals surface area contributed by atoms with Crippen molar-refractivity contribution in [3.63, 3.8) is 0 Å². The average molecular weight is 311 g/mol. The number of aromatic hydroxyl groups is 1. The summed E-state index contributed by atoms with van der Waals surface area (Å²) in [6.07, 6.45) is 0.851. The standard InChI is InChI=1S/C15H18FNO5/c1-21-14(20)15(4-6-22-7-5-15)9-17-13(19)11-8-10(16)2-3-12(11)18/h2-3,8,18H,4-7,9H2,1H3,(H,17,19). The molecule has 1 heterocycles. The molecule has 0 saturated carbocycles. The minimum atomic E-state index is -0.856. The van der Waals surface area contributed by atoms with Gasteiger partial charge in [0.15, 0.2) is 0 Å². The van der Waals surface area contributed by atoms with Crippen LogP contribution in [0.2, 0.25) is 0 Å². The van der Waals surface area contributed by atoms with Crippen LogP contribution in [0.3, 0.4) is 0 Å². The Labute approximate surface area is 127 Å². The number of halogens is 1. The maximum Gasteiger partial charge on any atom is 0.313 e. The van der Waals surface area contributed by atoms with Crippen LogP contribution in [0.5, 0.6) is 5.75 Å². The third kappa shape index (κ3) is 3.36. The van der Waals surface area contributed by atoms with Crippen LogP contribution in [0.4, 0.5) is 4.39 Å². The molecule has 0 aromatic heterocycles. The Morgan fingerprint density at radius 3 is 2.73 bits per heavy atom. The molecule has 22 heavy (non-hydrogen) atoms. The molecule has 7 heteroatoms. The zero-order valence-corrected chi connectivity index (χ0v) is 12.2. The van der Waals surface area contributed by atoms with E-state index in [4.69, 9.17) is 9.47 Å². The molecule has 1 saturated heterocycles. The summed E-state index contributed by atoms with van der Waals surface area (Å²) >= 11 is 0. The average Bonchev–Trinajstić information content (AvgIpc) is 2.55. The number of ether oxygens (including phenoxy) is 2. The number of hydrogen-bond acceptors (Lipinski definition) is 5. The second-order valence-electron chi connectivity index (χ2n) is 5.23. The third-order valence-electron chi connectivity index (χ3n) is 3.86. The van der Waals surface area contributed by atoms with Gasteiger partial charge in [0.05, 0.1) is 18.1 Å². The van der Waals surface area contributed by atoms with Gasteiger partial charge in [0.25, 0.3) is 5.91 Å². The molecule has 1 amide bonds. The Bertz CT molecular complexity index is 569. The van der Waals surface area contributed by atoms with Crippen LogP contribution in [0.25, 0.3) is 0 Å². The molecule has 1 aromatic carbocycles. The Morgan fingerprint density at radius 2 is 2.09 bits per heavy atom. The number of esters is 1. The van der Waals surface area contributed by atoms with E-state index in [0.717, 1.165) is 18.2 Å². The van der Waals surface area contributed by atoms with E-state index >= 15 is 0 Å². The first kappa shape index (κ1) is 16.2. The Hall–Kier alpha value is -2.15. The summed E-state index contributed by atoms with van der Waals surface area (Å²) in [6, 6.07) is 3.11. The number of carbonyl (C=O) groups excluding carboxylic acids is 2. The Kier molecular flexibility index (Phi) is 4.97. The van der Waals surface area contributed by atoms with Gasteiger partial charge in [-0.05, 0) is 31.0 Å². The predicted octanol–water partition coefficient (Wildman–Crippen LogP) is 1.23. The fourth-order valence-electron chi connectivity index (χ4n) is 2.47. The smallest absolute Gasteiger partial charge is 0.313 e. The quantitative estimate of drug-likeness (QED) is 0.817. The Balaban J connectivity index is 2.10. The molecule has 0 spiro atoms. The molecular formula is C15H18FNO5. The van der Waals surface area contributed by atoms with Crippen molar-refractivity contribution in [2.24, 2.45) is 5.41 Å². The molecule has 120 valence electrons. The molecule has 0 unspecified atom stereocenters. The number of rotatable bonds is 4. The van der Waals surface area contributed by atoms with Gasteiger partial charge in [0, 0.05) is 19.8 Å². The maximum absolute atomic E-state index is 13.2. The molecule has 2 N–H and O–H groups in total. The van der Waals surface area contributed by atoms with E-state index < -0.39 is 23.1 Å². The minimum absolute atomic E-state index is 0.0395. The second kappa shape index (κ2) is 6.74. The molecule has 0 aliphatic carbocycles. The molecule has 1 aliphatic rings. The third-order valence-corrected chi connectivity index (χ3v) is 3.86. The number of phenols is 1. The fourth-order valence-corrected chi connectivity index (χ4v) is 2.47. The van der Waals surface area contributed by atoms with Crippen LogP contribution in [-0.4, -0.2) is 43.9 Å². The lowest BCUT2D eigenvalue weighted by atomic mass is 9.80. The fraction of sp³-hybridized carbons (Fsp3) is 0.467. The van der Waals surface area contributed by atoms with Crippen LogP contribution < -0.4 is 5.32 Å². The van der Waals surface area contributed by atoms with Gasteiger partial charge in [-0.15, -0.1) is 0 Å². The number of carbonyl (C=O) groups is 2. The van der Waals surface area contributed by atoms with Crippen molar-refractivity contribution in [1.82, 2.24) is 5.32 Å². The lowest BCUT2D eigenvalue weighted by Gasteiger charge is -2.34. The number of nitrogens with one attached hydrogen (secondary N) is 1. The van der Waals surface area contributed by atoms with Gasteiger partial charge in [-0.25, -0.2) is 4.39 Å². The topological polar surface area (TPSA) is 84.9 Å². The van der Waals surface area contributed by atoms with Crippen LogP contribution in [0, 0.1) is 11.2 Å². The largest absolute Gasteiger partial charge is 0.507 e. The molecule has 2 rings (SSSR count). The van der Waals surface area contributed by atoms with Crippen LogP contribution in [-0.2, 0) is 14.3 Å². The van der Waals surface area contributed by atoms with Gasteiger partial charge in [0.1, 0.15) is 11.6 Å². The van der Waals surface area contributed by atoms with Crippen molar-refractivity contribution in [3.05, 3.63) is 29.6 Å². The first-order valence-corrected chi connectivity index (χ1v) is 6.91. The van der Waals surface area contributed by atoms with Gasteiger partial charge in [-0.2, -0.15) is 0 Å². The molecule has 6 nitrogen and oxygen atoms in total. The van der Waals surface area contributed by atoms with Crippen molar-refractivity contribution in [2.75, 3.05) is 26.9 Å². The highest BCUT2D eigenvalue weighted by Crippen LogP contribution is 2.31. The number of hydrogen-bond donors (Lipinski definition) is 2. The highest BCUT2D eigenvalue weighted by molar-refractivity contribution is 5.97. The van der Waals surface area contributed by atoms with Crippen molar-refractivity contribution < 1.29 is 28.6 Å². The van der Waals surface area contributed by atoms with Gasteiger partial charge >= 0.3 is 5.97 Å². The van der Waals surface area contributed by atoms with E-state index in [1.807, 2.05) is 0 Å². The van der Waals surface area contributed by atoms with E-state index in [1.54, 1.807) is 0 Å². The van der Waals surface area contributed by atoms with Crippen LogP contribution >= 0.6 is 0 Å². The number of benzene rings is 1. The zero-order chi connectivity index (χ0) is 16.2. The highest BCUT2D eigenvalue weighted by Gasteiger charge is 2.41. The molecule has 0 bridgehead atoms. The maximum atomic E-state index is 13.2. The SMILES string of the molecule is COC(=O)C1(CNC(=O)c2cc(F)ccc2O)CCOCC1. The lowest BCUT2D eigenvalue weighted by Crippen LogP contribution is -2.47. The van der Waals surface area contributed by atoms with Crippen molar-refractivity contribution in [3.8, 4) is 5.75 Å². The monoisotopic (exact) mass is 311 g/mol. The predicted molar refractivity (Wildman–Crippen MR) is 74.9 cm³/mol. The molecule has 1 aromatic rings.